The third kappa shape index (κ3) is 5.19. The molecule has 0 unspecified atom stereocenters. The van der Waals surface area contributed by atoms with Crippen LogP contribution in [0.1, 0.15) is 19.4 Å². The molecule has 1 atom stereocenters. The normalized spacial score (nSPS) is 16.9. The fourth-order valence-electron chi connectivity index (χ4n) is 3.02. The van der Waals surface area contributed by atoms with Crippen molar-refractivity contribution in [3.8, 4) is 11.5 Å². The average molecular weight is 471 g/mol. The van der Waals surface area contributed by atoms with Gasteiger partial charge >= 0.3 is 12.2 Å². The lowest BCUT2D eigenvalue weighted by Gasteiger charge is -2.27. The van der Waals surface area contributed by atoms with E-state index < -0.39 is 45.8 Å². The quantitative estimate of drug-likeness (QED) is 0.604. The number of urea groups is 1. The van der Waals surface area contributed by atoms with Gasteiger partial charge in [0, 0.05) is 12.6 Å². The Morgan fingerprint density at radius 3 is 1.97 bits per heavy atom. The van der Waals surface area contributed by atoms with E-state index in [0.717, 1.165) is 28.6 Å². The Morgan fingerprint density at radius 1 is 1.00 bits per heavy atom. The molecule has 1 heterocycles. The van der Waals surface area contributed by atoms with Gasteiger partial charge in [0.2, 0.25) is 10.0 Å². The summed E-state index contributed by atoms with van der Waals surface area (Å²) in [6, 6.07) is 7.19. The zero-order valence-corrected chi connectivity index (χ0v) is 17.8. The second kappa shape index (κ2) is 8.79. The zero-order chi connectivity index (χ0) is 23.7. The van der Waals surface area contributed by atoms with Crippen LogP contribution in [0, 0.1) is 0 Å². The van der Waals surface area contributed by atoms with Gasteiger partial charge in [-0.15, -0.1) is 0 Å². The van der Waals surface area contributed by atoms with E-state index in [4.69, 9.17) is 4.74 Å². The minimum Gasteiger partial charge on any atom is -0.457 e. The largest absolute Gasteiger partial charge is 0.457 e. The standard InChI is InChI=1S/C20H20F3N3O5S/c1-12(2)26(11-17-18(27)25-19(28)24-17)32(29,30)16-9-7-15(8-10-16)31-14-5-3-13(4-6-14)20(21,22)23/h3-10,12,17H,11H2,1-2H3,(H2,24,25,27,28)/t17-/m0/s1. The Bertz CT molecular complexity index is 1100. The molecule has 0 aliphatic carbocycles. The van der Waals surface area contributed by atoms with Gasteiger partial charge in [-0.3, -0.25) is 10.1 Å². The van der Waals surface area contributed by atoms with Crippen molar-refractivity contribution in [1.82, 2.24) is 14.9 Å². The van der Waals surface area contributed by atoms with E-state index >= 15 is 0 Å². The molecule has 1 aliphatic heterocycles. The van der Waals surface area contributed by atoms with Crippen LogP contribution in [0.2, 0.25) is 0 Å². The number of nitrogens with zero attached hydrogens (tertiary/aromatic N) is 1. The molecule has 172 valence electrons. The Labute approximate surface area is 182 Å². The first kappa shape index (κ1) is 23.5. The fraction of sp³-hybridized carbons (Fsp3) is 0.300. The summed E-state index contributed by atoms with van der Waals surface area (Å²) in [5, 5.41) is 4.42. The highest BCUT2D eigenvalue weighted by Gasteiger charge is 2.36. The Kier molecular flexibility index (Phi) is 6.46. The van der Waals surface area contributed by atoms with Gasteiger partial charge in [-0.1, -0.05) is 0 Å². The van der Waals surface area contributed by atoms with Crippen molar-refractivity contribution in [1.29, 1.82) is 0 Å². The van der Waals surface area contributed by atoms with Crippen LogP contribution in [-0.2, 0) is 21.0 Å². The predicted octanol–water partition coefficient (Wildman–Crippen LogP) is 3.10. The van der Waals surface area contributed by atoms with Crippen molar-refractivity contribution in [2.24, 2.45) is 0 Å². The number of alkyl halides is 3. The van der Waals surface area contributed by atoms with Crippen molar-refractivity contribution in [2.75, 3.05) is 6.54 Å². The SMILES string of the molecule is CC(C)N(C[C@@H]1NC(=O)NC1=O)S(=O)(=O)c1ccc(Oc2ccc(C(F)(F)F)cc2)cc1. The second-order valence-corrected chi connectivity index (χ2v) is 9.17. The molecular weight excluding hydrogens is 451 g/mol. The number of sulfonamides is 1. The molecule has 0 bridgehead atoms. The smallest absolute Gasteiger partial charge is 0.416 e. The van der Waals surface area contributed by atoms with Crippen LogP contribution in [0.4, 0.5) is 18.0 Å². The summed E-state index contributed by atoms with van der Waals surface area (Å²) in [5.41, 5.74) is -0.813. The Hall–Kier alpha value is -3.12. The van der Waals surface area contributed by atoms with Gasteiger partial charge in [-0.25, -0.2) is 13.2 Å². The van der Waals surface area contributed by atoms with E-state index in [0.29, 0.717) is 0 Å². The number of carbonyl (C=O) groups excluding carboxylic acids is 2. The number of hydrogen-bond acceptors (Lipinski definition) is 5. The Balaban J connectivity index is 1.75. The molecule has 1 saturated heterocycles. The minimum atomic E-state index is -4.46. The summed E-state index contributed by atoms with van der Waals surface area (Å²) < 4.78 is 70.7. The lowest BCUT2D eigenvalue weighted by Crippen LogP contribution is -2.47. The van der Waals surface area contributed by atoms with Gasteiger partial charge in [0.15, 0.2) is 0 Å². The molecule has 2 N–H and O–H groups in total. The lowest BCUT2D eigenvalue weighted by atomic mass is 10.2. The number of benzene rings is 2. The molecule has 1 fully saturated rings. The highest BCUT2D eigenvalue weighted by Crippen LogP contribution is 2.31. The van der Waals surface area contributed by atoms with Crippen molar-refractivity contribution in [3.05, 3.63) is 54.1 Å². The number of hydrogen-bond donors (Lipinski definition) is 2. The molecule has 8 nitrogen and oxygen atoms in total. The van der Waals surface area contributed by atoms with Gasteiger partial charge in [0.05, 0.1) is 10.5 Å². The number of nitrogens with one attached hydrogen (secondary N) is 2. The second-order valence-electron chi connectivity index (χ2n) is 7.28. The van der Waals surface area contributed by atoms with Crippen LogP contribution < -0.4 is 15.4 Å². The number of imide groups is 1. The highest BCUT2D eigenvalue weighted by atomic mass is 32.2. The molecule has 12 heteroatoms. The third-order valence-electron chi connectivity index (χ3n) is 4.64. The summed E-state index contributed by atoms with van der Waals surface area (Å²) in [7, 11) is -4.02. The van der Waals surface area contributed by atoms with E-state index in [9.17, 15) is 31.2 Å². The van der Waals surface area contributed by atoms with Gasteiger partial charge in [0.1, 0.15) is 17.5 Å². The molecule has 0 radical (unpaired) electrons. The van der Waals surface area contributed by atoms with E-state index in [2.05, 4.69) is 10.6 Å². The monoisotopic (exact) mass is 471 g/mol. The number of halogens is 3. The van der Waals surface area contributed by atoms with Crippen LogP contribution in [0.25, 0.3) is 0 Å². The van der Waals surface area contributed by atoms with Crippen LogP contribution in [0.5, 0.6) is 11.5 Å². The molecule has 3 amide bonds. The fourth-order valence-corrected chi connectivity index (χ4v) is 4.67. The topological polar surface area (TPSA) is 105 Å². The summed E-state index contributed by atoms with van der Waals surface area (Å²) in [6.07, 6.45) is -4.46. The molecule has 3 rings (SSSR count). The first-order valence-corrected chi connectivity index (χ1v) is 10.9. The minimum absolute atomic E-state index is 0.0734. The van der Waals surface area contributed by atoms with Crippen LogP contribution in [0.15, 0.2) is 53.4 Å². The predicted molar refractivity (Wildman–Crippen MR) is 107 cm³/mol. The molecule has 1 aliphatic rings. The summed E-state index contributed by atoms with van der Waals surface area (Å²) in [4.78, 5) is 23.0. The maximum atomic E-state index is 13.1. The molecule has 0 spiro atoms. The van der Waals surface area contributed by atoms with Crippen LogP contribution >= 0.6 is 0 Å². The molecule has 32 heavy (non-hydrogen) atoms. The molecule has 0 aromatic heterocycles. The summed E-state index contributed by atoms with van der Waals surface area (Å²) >= 11 is 0. The first-order valence-electron chi connectivity index (χ1n) is 9.46. The average Bonchev–Trinajstić information content (AvgIpc) is 3.02. The van der Waals surface area contributed by atoms with Gasteiger partial charge in [-0.05, 0) is 62.4 Å². The number of rotatable bonds is 7. The lowest BCUT2D eigenvalue weighted by molar-refractivity contribution is -0.137. The third-order valence-corrected chi connectivity index (χ3v) is 6.70. The molecule has 0 saturated carbocycles. The molecule has 2 aromatic rings. The summed E-state index contributed by atoms with van der Waals surface area (Å²) in [5.74, 6) is -0.237. The molecule has 2 aromatic carbocycles. The molecular formula is C20H20F3N3O5S. The van der Waals surface area contributed by atoms with E-state index in [1.54, 1.807) is 13.8 Å². The summed E-state index contributed by atoms with van der Waals surface area (Å²) in [6.45, 7) is 3.02. The number of amides is 3. The maximum absolute atomic E-state index is 13.1. The van der Waals surface area contributed by atoms with Crippen LogP contribution in [-0.4, -0.2) is 43.3 Å². The van der Waals surface area contributed by atoms with Crippen LogP contribution in [0.3, 0.4) is 0 Å². The van der Waals surface area contributed by atoms with Gasteiger partial charge < -0.3 is 10.1 Å². The maximum Gasteiger partial charge on any atom is 0.416 e. The first-order chi connectivity index (χ1) is 14.9. The number of carbonyl (C=O) groups is 2. The van der Waals surface area contributed by atoms with Gasteiger partial charge in [0.25, 0.3) is 5.91 Å². The van der Waals surface area contributed by atoms with Gasteiger partial charge in [-0.2, -0.15) is 17.5 Å². The number of ether oxygens (including phenoxy) is 1. The Morgan fingerprint density at radius 2 is 1.53 bits per heavy atom. The highest BCUT2D eigenvalue weighted by molar-refractivity contribution is 7.89. The van der Waals surface area contributed by atoms with Crippen molar-refractivity contribution in [3.63, 3.8) is 0 Å². The van der Waals surface area contributed by atoms with Crippen molar-refractivity contribution in [2.45, 2.75) is 37.0 Å². The van der Waals surface area contributed by atoms with E-state index in [1.807, 2.05) is 0 Å². The van der Waals surface area contributed by atoms with E-state index in [1.165, 1.54) is 24.3 Å². The van der Waals surface area contributed by atoms with E-state index in [-0.39, 0.29) is 22.9 Å². The van der Waals surface area contributed by atoms with Crippen molar-refractivity contribution >= 4 is 22.0 Å². The zero-order valence-electron chi connectivity index (χ0n) is 17.0. The van der Waals surface area contributed by atoms with Crippen molar-refractivity contribution < 1.29 is 35.9 Å².